The number of nitriles is 1. The number of nitrogens with zero attached hydrogens (tertiary/aromatic N) is 4. The Bertz CT molecular complexity index is 1320. The van der Waals surface area contributed by atoms with E-state index in [2.05, 4.69) is 15.2 Å². The molecule has 0 amide bonds. The second-order valence-corrected chi connectivity index (χ2v) is 6.31. The Morgan fingerprint density at radius 1 is 0.733 bits per heavy atom. The standard InChI is InChI=1S/C22H10F4N4/c23-15-2-3-17(13(5-15)9-27)21-7-14(10-29-30-21)12-1-4-19(25)18(6-12)22-20(26)8-16(24)11-28-22/h1-8,10-11H. The molecule has 0 aliphatic heterocycles. The molecule has 0 spiro atoms. The largest absolute Gasteiger partial charge is 0.250 e. The van der Waals surface area contributed by atoms with Gasteiger partial charge in [0, 0.05) is 22.8 Å². The van der Waals surface area contributed by atoms with Gasteiger partial charge in [-0.05, 0) is 42.0 Å². The molecule has 4 nitrogen and oxygen atoms in total. The number of aromatic nitrogens is 3. The highest BCUT2D eigenvalue weighted by molar-refractivity contribution is 5.76. The van der Waals surface area contributed by atoms with E-state index in [1.807, 2.05) is 6.07 Å². The molecule has 30 heavy (non-hydrogen) atoms. The van der Waals surface area contributed by atoms with Crippen LogP contribution in [0.4, 0.5) is 17.6 Å². The van der Waals surface area contributed by atoms with Crippen molar-refractivity contribution in [3.05, 3.63) is 89.8 Å². The molecule has 146 valence electrons. The van der Waals surface area contributed by atoms with Gasteiger partial charge in [-0.15, -0.1) is 0 Å². The summed E-state index contributed by atoms with van der Waals surface area (Å²) in [6.45, 7) is 0. The maximum absolute atomic E-state index is 14.3. The van der Waals surface area contributed by atoms with Gasteiger partial charge in [-0.2, -0.15) is 15.5 Å². The van der Waals surface area contributed by atoms with Crippen LogP contribution < -0.4 is 0 Å². The van der Waals surface area contributed by atoms with Gasteiger partial charge in [-0.25, -0.2) is 17.6 Å². The van der Waals surface area contributed by atoms with Gasteiger partial charge < -0.3 is 0 Å². The molecule has 2 aromatic heterocycles. The third-order valence-electron chi connectivity index (χ3n) is 4.40. The fourth-order valence-electron chi connectivity index (χ4n) is 2.99. The van der Waals surface area contributed by atoms with E-state index in [0.29, 0.717) is 28.5 Å². The van der Waals surface area contributed by atoms with Gasteiger partial charge in [0.2, 0.25) is 0 Å². The highest BCUT2D eigenvalue weighted by Gasteiger charge is 2.15. The highest BCUT2D eigenvalue weighted by Crippen LogP contribution is 2.31. The van der Waals surface area contributed by atoms with E-state index in [4.69, 9.17) is 0 Å². The van der Waals surface area contributed by atoms with E-state index in [9.17, 15) is 22.8 Å². The lowest BCUT2D eigenvalue weighted by Gasteiger charge is -2.09. The van der Waals surface area contributed by atoms with Crippen LogP contribution in [-0.2, 0) is 0 Å². The van der Waals surface area contributed by atoms with Crippen molar-refractivity contribution in [3.63, 3.8) is 0 Å². The molecule has 0 unspecified atom stereocenters. The summed E-state index contributed by atoms with van der Waals surface area (Å²) >= 11 is 0. The predicted octanol–water partition coefficient (Wildman–Crippen LogP) is 5.30. The average molecular weight is 406 g/mol. The van der Waals surface area contributed by atoms with Crippen LogP contribution in [-0.4, -0.2) is 15.2 Å². The fourth-order valence-corrected chi connectivity index (χ4v) is 2.99. The van der Waals surface area contributed by atoms with Crippen molar-refractivity contribution in [2.45, 2.75) is 0 Å². The molecule has 2 aromatic carbocycles. The lowest BCUT2D eigenvalue weighted by molar-refractivity contribution is 0.573. The van der Waals surface area contributed by atoms with Crippen molar-refractivity contribution in [3.8, 4) is 39.7 Å². The van der Waals surface area contributed by atoms with Crippen LogP contribution >= 0.6 is 0 Å². The maximum Gasteiger partial charge on any atom is 0.152 e. The Kier molecular flexibility index (Phi) is 4.94. The SMILES string of the molecule is N#Cc1cc(F)ccc1-c1cc(-c2ccc(F)c(-c3ncc(F)cc3F)c2)cnn1. The summed E-state index contributed by atoms with van der Waals surface area (Å²) in [5.41, 5.74) is 1.25. The number of halogens is 4. The molecule has 4 rings (SSSR count). The number of hydrogen-bond donors (Lipinski definition) is 0. The average Bonchev–Trinajstić information content (AvgIpc) is 2.74. The molecule has 0 fully saturated rings. The zero-order chi connectivity index (χ0) is 21.3. The Balaban J connectivity index is 1.81. The van der Waals surface area contributed by atoms with Crippen molar-refractivity contribution in [2.75, 3.05) is 0 Å². The van der Waals surface area contributed by atoms with Gasteiger partial charge in [-0.3, -0.25) is 4.98 Å². The number of pyridine rings is 1. The van der Waals surface area contributed by atoms with E-state index >= 15 is 0 Å². The number of hydrogen-bond acceptors (Lipinski definition) is 4. The van der Waals surface area contributed by atoms with Crippen LogP contribution in [0.3, 0.4) is 0 Å². The first kappa shape index (κ1) is 19.2. The topological polar surface area (TPSA) is 62.5 Å². The third-order valence-corrected chi connectivity index (χ3v) is 4.40. The number of rotatable bonds is 3. The molecule has 0 aliphatic rings. The number of benzene rings is 2. The van der Waals surface area contributed by atoms with E-state index in [1.165, 1.54) is 30.5 Å². The predicted molar refractivity (Wildman–Crippen MR) is 101 cm³/mol. The van der Waals surface area contributed by atoms with E-state index < -0.39 is 23.3 Å². The lowest BCUT2D eigenvalue weighted by Crippen LogP contribution is -1.96. The van der Waals surface area contributed by atoms with Crippen molar-refractivity contribution in [1.82, 2.24) is 15.2 Å². The minimum Gasteiger partial charge on any atom is -0.250 e. The molecule has 8 heteroatoms. The molecule has 0 radical (unpaired) electrons. The third kappa shape index (κ3) is 3.61. The fraction of sp³-hybridized carbons (Fsp3) is 0. The Labute approximate surface area is 168 Å². The second kappa shape index (κ2) is 7.72. The van der Waals surface area contributed by atoms with Crippen molar-refractivity contribution < 1.29 is 17.6 Å². The molecule has 0 bridgehead atoms. The first-order chi connectivity index (χ1) is 14.5. The smallest absolute Gasteiger partial charge is 0.152 e. The minimum absolute atomic E-state index is 0.0822. The van der Waals surface area contributed by atoms with Gasteiger partial charge in [0.1, 0.15) is 23.1 Å². The van der Waals surface area contributed by atoms with Crippen LogP contribution in [0.2, 0.25) is 0 Å². The summed E-state index contributed by atoms with van der Waals surface area (Å²) < 4.78 is 55.0. The Morgan fingerprint density at radius 2 is 1.57 bits per heavy atom. The van der Waals surface area contributed by atoms with Gasteiger partial charge in [0.05, 0.1) is 29.7 Å². The summed E-state index contributed by atoms with van der Waals surface area (Å²) in [7, 11) is 0. The molecule has 4 aromatic rings. The summed E-state index contributed by atoms with van der Waals surface area (Å²) in [6, 6.07) is 11.8. The van der Waals surface area contributed by atoms with Gasteiger partial charge >= 0.3 is 0 Å². The van der Waals surface area contributed by atoms with Crippen molar-refractivity contribution in [2.24, 2.45) is 0 Å². The zero-order valence-electron chi connectivity index (χ0n) is 15.1. The zero-order valence-corrected chi connectivity index (χ0v) is 15.1. The van der Waals surface area contributed by atoms with Crippen LogP contribution in [0, 0.1) is 34.6 Å². The molecule has 0 atom stereocenters. The summed E-state index contributed by atoms with van der Waals surface area (Å²) in [4.78, 5) is 3.65. The van der Waals surface area contributed by atoms with Crippen LogP contribution in [0.25, 0.3) is 33.6 Å². The highest BCUT2D eigenvalue weighted by atomic mass is 19.1. The molecule has 2 heterocycles. The van der Waals surface area contributed by atoms with Crippen LogP contribution in [0.15, 0.2) is 60.9 Å². The quantitative estimate of drug-likeness (QED) is 0.433. The van der Waals surface area contributed by atoms with E-state index in [-0.39, 0.29) is 16.8 Å². The lowest BCUT2D eigenvalue weighted by atomic mass is 9.99. The molecule has 0 N–H and O–H groups in total. The van der Waals surface area contributed by atoms with Crippen molar-refractivity contribution >= 4 is 0 Å². The first-order valence-corrected chi connectivity index (χ1v) is 8.60. The van der Waals surface area contributed by atoms with E-state index in [0.717, 1.165) is 18.3 Å². The monoisotopic (exact) mass is 406 g/mol. The molecular formula is C22H10F4N4. The summed E-state index contributed by atoms with van der Waals surface area (Å²) in [5.74, 6) is -3.16. The first-order valence-electron chi connectivity index (χ1n) is 8.60. The van der Waals surface area contributed by atoms with Gasteiger partial charge in [0.15, 0.2) is 5.82 Å². The van der Waals surface area contributed by atoms with Crippen molar-refractivity contribution in [1.29, 1.82) is 5.26 Å². The molecular weight excluding hydrogens is 396 g/mol. The van der Waals surface area contributed by atoms with Crippen LogP contribution in [0.1, 0.15) is 5.56 Å². The Hall–Kier alpha value is -4.12. The van der Waals surface area contributed by atoms with Gasteiger partial charge in [0.25, 0.3) is 0 Å². The van der Waals surface area contributed by atoms with E-state index in [1.54, 1.807) is 6.07 Å². The molecule has 0 saturated heterocycles. The summed E-state index contributed by atoms with van der Waals surface area (Å²) in [5, 5.41) is 17.1. The minimum atomic E-state index is -0.996. The summed E-state index contributed by atoms with van der Waals surface area (Å²) in [6.07, 6.45) is 2.21. The Morgan fingerprint density at radius 3 is 2.33 bits per heavy atom. The maximum atomic E-state index is 14.3. The van der Waals surface area contributed by atoms with Gasteiger partial charge in [-0.1, -0.05) is 6.07 Å². The van der Waals surface area contributed by atoms with Crippen LogP contribution in [0.5, 0.6) is 0 Å². The second-order valence-electron chi connectivity index (χ2n) is 6.31. The molecule has 0 saturated carbocycles. The molecule has 0 aliphatic carbocycles. The normalized spacial score (nSPS) is 10.6.